The number of hydrogen-bond donors (Lipinski definition) is 4. The number of nitrogens with zero attached hydrogens (tertiary/aromatic N) is 4. The number of imide groups is 3. The van der Waals surface area contributed by atoms with Crippen molar-refractivity contribution in [1.29, 1.82) is 0 Å². The van der Waals surface area contributed by atoms with Gasteiger partial charge in [0.1, 0.15) is 18.7 Å². The number of benzene rings is 6. The Bertz CT molecular complexity index is 3320. The summed E-state index contributed by atoms with van der Waals surface area (Å²) in [5.41, 5.74) is 3.48. The van der Waals surface area contributed by atoms with Crippen molar-refractivity contribution in [3.05, 3.63) is 173 Å². The fourth-order valence-corrected chi connectivity index (χ4v) is 10.1. The molecule has 0 bridgehead atoms. The molecule has 10 amide bonds. The van der Waals surface area contributed by atoms with Crippen LogP contribution < -0.4 is 21.3 Å². The van der Waals surface area contributed by atoms with Gasteiger partial charge in [0.2, 0.25) is 17.7 Å². The SMILES string of the molecule is C[C@H](NC(=O)CCCCCN1C(=O)C=CC1=O)C(=O)N[C@@H](Cc1ccccc1)C(=O)Nc1ccc(COC(=O)N(CCCNCCN2C(=O)c3cccc4cccc(c34)C2=O)CCN2C(=O)c3cccc4cccc(c34)C2=O)cc1. The Hall–Kier alpha value is -9.36. The lowest BCUT2D eigenvalue weighted by Crippen LogP contribution is -2.52. The summed E-state index contributed by atoms with van der Waals surface area (Å²) >= 11 is 0. The molecule has 9 rings (SSSR count). The molecule has 2 atom stereocenters. The summed E-state index contributed by atoms with van der Waals surface area (Å²) in [5, 5.41) is 14.4. The lowest BCUT2D eigenvalue weighted by atomic mass is 9.94. The van der Waals surface area contributed by atoms with Gasteiger partial charge in [-0.1, -0.05) is 97.4 Å². The first-order valence-electron chi connectivity index (χ1n) is 26.7. The van der Waals surface area contributed by atoms with Crippen molar-refractivity contribution < 1.29 is 52.7 Å². The standard InChI is InChI=1S/C61H60N8O11/c1-39(63-50(70)23-6-3-7-33-67-51(71)28-29-52(67)72)55(73)65-49(37-40-13-4-2-5-14-40)56(74)64-44-26-24-41(25-27-44)38-80-61(79)66(35-36-69-59(77)47-21-10-17-43-18-11-22-48(54(43)47)60(69)78)32-12-30-62-31-34-68-57(75)45-19-8-15-42-16-9-20-46(53(42)45)58(68)76/h2,4-5,8-11,13-22,24-29,39,49,62H,3,6-7,12,23,30-38H2,1H3,(H,63,70)(H,64,74)(H,65,73)/t39-,49-/m0/s1. The van der Waals surface area contributed by atoms with E-state index in [9.17, 15) is 47.9 Å². The molecule has 19 heteroatoms. The Morgan fingerprint density at radius 3 is 1.66 bits per heavy atom. The first kappa shape index (κ1) is 55.4. The first-order chi connectivity index (χ1) is 38.7. The minimum absolute atomic E-state index is 0.0416. The predicted octanol–water partition coefficient (Wildman–Crippen LogP) is 6.16. The number of carbonyl (C=O) groups excluding carboxylic acids is 10. The number of hydrogen-bond acceptors (Lipinski definition) is 12. The van der Waals surface area contributed by atoms with Gasteiger partial charge in [-0.15, -0.1) is 0 Å². The molecule has 0 saturated heterocycles. The lowest BCUT2D eigenvalue weighted by Gasteiger charge is -2.30. The van der Waals surface area contributed by atoms with E-state index in [0.29, 0.717) is 76.5 Å². The highest BCUT2D eigenvalue weighted by molar-refractivity contribution is 6.26. The highest BCUT2D eigenvalue weighted by atomic mass is 16.6. The van der Waals surface area contributed by atoms with E-state index in [-0.39, 0.29) is 88.3 Å². The van der Waals surface area contributed by atoms with Crippen molar-refractivity contribution in [2.75, 3.05) is 51.1 Å². The van der Waals surface area contributed by atoms with Crippen molar-refractivity contribution >= 4 is 86.5 Å². The van der Waals surface area contributed by atoms with Crippen LogP contribution >= 0.6 is 0 Å². The molecule has 6 aromatic carbocycles. The minimum Gasteiger partial charge on any atom is -0.445 e. The third-order valence-electron chi connectivity index (χ3n) is 14.3. The van der Waals surface area contributed by atoms with Crippen LogP contribution in [0.2, 0.25) is 0 Å². The maximum atomic E-state index is 13.9. The predicted molar refractivity (Wildman–Crippen MR) is 297 cm³/mol. The van der Waals surface area contributed by atoms with Crippen molar-refractivity contribution in [2.45, 2.75) is 64.1 Å². The van der Waals surface area contributed by atoms with Gasteiger partial charge in [0.15, 0.2) is 0 Å². The Morgan fingerprint density at radius 1 is 0.525 bits per heavy atom. The van der Waals surface area contributed by atoms with Crippen LogP contribution in [0.5, 0.6) is 0 Å². The normalized spacial score (nSPS) is 14.4. The molecular weight excluding hydrogens is 1020 g/mol. The van der Waals surface area contributed by atoms with Crippen molar-refractivity contribution in [1.82, 2.24) is 35.6 Å². The fourth-order valence-electron chi connectivity index (χ4n) is 10.1. The number of unbranched alkanes of at least 4 members (excludes halogenated alkanes) is 2. The number of amides is 10. The average molecular weight is 1080 g/mol. The van der Waals surface area contributed by atoms with E-state index >= 15 is 0 Å². The van der Waals surface area contributed by atoms with Crippen molar-refractivity contribution in [2.24, 2.45) is 0 Å². The van der Waals surface area contributed by atoms with Gasteiger partial charge in [-0.3, -0.25) is 57.9 Å². The largest absolute Gasteiger partial charge is 0.445 e. The number of anilines is 1. The molecule has 0 saturated carbocycles. The Kier molecular flexibility index (Phi) is 17.6. The second kappa shape index (κ2) is 25.4. The summed E-state index contributed by atoms with van der Waals surface area (Å²) in [4.78, 5) is 137. The molecule has 0 aromatic heterocycles. The van der Waals surface area contributed by atoms with Gasteiger partial charge < -0.3 is 30.9 Å². The van der Waals surface area contributed by atoms with Gasteiger partial charge in [0.25, 0.3) is 35.4 Å². The fraction of sp³-hybridized carbons (Fsp3) is 0.279. The molecule has 0 unspecified atom stereocenters. The highest BCUT2D eigenvalue weighted by Crippen LogP contribution is 2.31. The molecule has 3 heterocycles. The molecule has 0 aliphatic carbocycles. The lowest BCUT2D eigenvalue weighted by molar-refractivity contribution is -0.137. The average Bonchev–Trinajstić information content (AvgIpc) is 3.94. The molecule has 19 nitrogen and oxygen atoms in total. The Balaban J connectivity index is 0.782. The first-order valence-corrected chi connectivity index (χ1v) is 26.7. The third kappa shape index (κ3) is 12.8. The molecule has 3 aliphatic heterocycles. The number of carbonyl (C=O) groups is 10. The van der Waals surface area contributed by atoms with Crippen LogP contribution in [0.3, 0.4) is 0 Å². The summed E-state index contributed by atoms with van der Waals surface area (Å²) in [6, 6.07) is 35.0. The minimum atomic E-state index is -1.03. The second-order valence-corrected chi connectivity index (χ2v) is 19.8. The maximum Gasteiger partial charge on any atom is 0.410 e. The molecule has 80 heavy (non-hydrogen) atoms. The zero-order chi connectivity index (χ0) is 56.3. The monoisotopic (exact) mass is 1080 g/mol. The number of ether oxygens (including phenoxy) is 1. The van der Waals surface area contributed by atoms with Gasteiger partial charge in [-0.25, -0.2) is 4.79 Å². The smallest absolute Gasteiger partial charge is 0.410 e. The number of nitrogens with one attached hydrogen (secondary N) is 4. The van der Waals surface area contributed by atoms with Crippen LogP contribution in [-0.4, -0.2) is 137 Å². The van der Waals surface area contributed by atoms with Crippen molar-refractivity contribution in [3.63, 3.8) is 0 Å². The molecular formula is C61H60N8O11. The van der Waals surface area contributed by atoms with E-state index in [0.717, 1.165) is 26.1 Å². The van der Waals surface area contributed by atoms with Gasteiger partial charge in [0.05, 0.1) is 0 Å². The summed E-state index contributed by atoms with van der Waals surface area (Å²) < 4.78 is 5.80. The van der Waals surface area contributed by atoms with Crippen LogP contribution in [0.25, 0.3) is 21.5 Å². The van der Waals surface area contributed by atoms with E-state index in [4.69, 9.17) is 4.74 Å². The third-order valence-corrected chi connectivity index (χ3v) is 14.3. The van der Waals surface area contributed by atoms with Crippen LogP contribution in [0, 0.1) is 0 Å². The van der Waals surface area contributed by atoms with Crippen LogP contribution in [0.15, 0.2) is 140 Å². The molecule has 0 spiro atoms. The topological polar surface area (TPSA) is 241 Å². The van der Waals surface area contributed by atoms with E-state index in [1.54, 1.807) is 72.8 Å². The van der Waals surface area contributed by atoms with E-state index < -0.39 is 41.8 Å². The quantitative estimate of drug-likeness (QED) is 0.0373. The van der Waals surface area contributed by atoms with E-state index in [1.807, 2.05) is 54.6 Å². The van der Waals surface area contributed by atoms with E-state index in [2.05, 4.69) is 21.3 Å². The summed E-state index contributed by atoms with van der Waals surface area (Å²) in [6.45, 7) is 2.42. The summed E-state index contributed by atoms with van der Waals surface area (Å²) in [5.74, 6) is -3.83. The zero-order valence-electron chi connectivity index (χ0n) is 44.1. The Morgan fingerprint density at radius 2 is 1.09 bits per heavy atom. The van der Waals surface area contributed by atoms with Gasteiger partial charge in [-0.05, 0) is 91.0 Å². The van der Waals surface area contributed by atoms with E-state index in [1.165, 1.54) is 28.9 Å². The maximum absolute atomic E-state index is 13.9. The second-order valence-electron chi connectivity index (χ2n) is 19.8. The molecule has 6 aromatic rings. The number of rotatable bonds is 25. The molecule has 0 radical (unpaired) electrons. The van der Waals surface area contributed by atoms with Crippen LogP contribution in [0.1, 0.15) is 91.6 Å². The summed E-state index contributed by atoms with van der Waals surface area (Å²) in [6.07, 6.45) is 4.03. The van der Waals surface area contributed by atoms with Crippen molar-refractivity contribution in [3.8, 4) is 0 Å². The van der Waals surface area contributed by atoms with Gasteiger partial charge in [-0.2, -0.15) is 0 Å². The molecule has 4 N–H and O–H groups in total. The summed E-state index contributed by atoms with van der Waals surface area (Å²) in [7, 11) is 0. The molecule has 0 fully saturated rings. The Labute approximate surface area is 461 Å². The van der Waals surface area contributed by atoms with Gasteiger partial charge in [0, 0.05) is 103 Å². The van der Waals surface area contributed by atoms with Gasteiger partial charge >= 0.3 is 6.09 Å². The zero-order valence-corrected chi connectivity index (χ0v) is 44.1. The molecule has 410 valence electrons. The van der Waals surface area contributed by atoms with Crippen LogP contribution in [-0.2, 0) is 41.7 Å². The van der Waals surface area contributed by atoms with Crippen LogP contribution in [0.4, 0.5) is 10.5 Å². The highest BCUT2D eigenvalue weighted by Gasteiger charge is 2.35. The molecule has 3 aliphatic rings.